The zero-order chi connectivity index (χ0) is 12.3. The average molecular weight is 294 g/mol. The van der Waals surface area contributed by atoms with Gasteiger partial charge in [0.05, 0.1) is 18.4 Å². The van der Waals surface area contributed by atoms with Gasteiger partial charge in [-0.05, 0) is 12.5 Å². The van der Waals surface area contributed by atoms with Gasteiger partial charge < -0.3 is 4.74 Å². The quantitative estimate of drug-likeness (QED) is 0.635. The highest BCUT2D eigenvalue weighted by molar-refractivity contribution is 9.08. The highest BCUT2D eigenvalue weighted by atomic mass is 79.9. The molecule has 16 heavy (non-hydrogen) atoms. The molecule has 1 rings (SSSR count). The van der Waals surface area contributed by atoms with Crippen LogP contribution in [0, 0.1) is 6.92 Å². The van der Waals surface area contributed by atoms with E-state index in [1.807, 2.05) is 0 Å². The first-order chi connectivity index (χ1) is 7.52. The van der Waals surface area contributed by atoms with Gasteiger partial charge >= 0.3 is 5.97 Å². The van der Waals surface area contributed by atoms with Crippen LogP contribution in [0.1, 0.15) is 33.6 Å². The van der Waals surface area contributed by atoms with Crippen molar-refractivity contribution in [3.63, 3.8) is 0 Å². The number of nitrogens with zero attached hydrogens (tertiary/aromatic N) is 1. The van der Waals surface area contributed by atoms with Crippen LogP contribution in [0.5, 0.6) is 0 Å². The molecule has 0 aliphatic carbocycles. The number of carbonyl (C=O) groups is 1. The lowest BCUT2D eigenvalue weighted by atomic mass is 10.0. The lowest BCUT2D eigenvalue weighted by Gasteiger charge is -2.12. The van der Waals surface area contributed by atoms with Gasteiger partial charge in [-0.25, -0.2) is 13.6 Å². The fraction of sp³-hybridized carbons (Fsp3) is 0.400. The summed E-state index contributed by atoms with van der Waals surface area (Å²) in [6, 6.07) is 0. The van der Waals surface area contributed by atoms with Gasteiger partial charge in [0.2, 0.25) is 0 Å². The molecule has 0 aliphatic rings. The Kier molecular flexibility index (Phi) is 4.35. The van der Waals surface area contributed by atoms with Crippen LogP contribution in [-0.4, -0.2) is 18.1 Å². The van der Waals surface area contributed by atoms with Crippen LogP contribution in [0.15, 0.2) is 6.20 Å². The molecule has 0 atom stereocenters. The molecule has 0 saturated heterocycles. The molecule has 0 N–H and O–H groups in total. The number of carbonyl (C=O) groups excluding carboxylic acids is 1. The summed E-state index contributed by atoms with van der Waals surface area (Å²) in [5.41, 5.74) is 0.314. The maximum Gasteiger partial charge on any atom is 0.339 e. The molecule has 0 saturated carbocycles. The largest absolute Gasteiger partial charge is 0.465 e. The van der Waals surface area contributed by atoms with Crippen molar-refractivity contribution >= 4 is 21.9 Å². The van der Waals surface area contributed by atoms with Crippen LogP contribution in [0.25, 0.3) is 0 Å². The van der Waals surface area contributed by atoms with Gasteiger partial charge in [0.1, 0.15) is 0 Å². The second kappa shape index (κ2) is 5.34. The summed E-state index contributed by atoms with van der Waals surface area (Å²) in [6.07, 6.45) is -1.41. The predicted molar refractivity (Wildman–Crippen MR) is 57.9 cm³/mol. The fourth-order valence-corrected chi connectivity index (χ4v) is 1.83. The number of methoxy groups -OCH3 is 1. The molecule has 0 radical (unpaired) electrons. The number of ether oxygens (including phenoxy) is 1. The van der Waals surface area contributed by atoms with Crippen molar-refractivity contribution in [3.8, 4) is 0 Å². The van der Waals surface area contributed by atoms with E-state index in [0.717, 1.165) is 0 Å². The molecular weight excluding hydrogens is 284 g/mol. The van der Waals surface area contributed by atoms with Gasteiger partial charge in [-0.15, -0.1) is 0 Å². The summed E-state index contributed by atoms with van der Waals surface area (Å²) in [6.45, 7) is 1.46. The van der Waals surface area contributed by atoms with Crippen molar-refractivity contribution in [3.05, 3.63) is 28.6 Å². The van der Waals surface area contributed by atoms with E-state index in [-0.39, 0.29) is 27.7 Å². The van der Waals surface area contributed by atoms with E-state index in [1.54, 1.807) is 0 Å². The topological polar surface area (TPSA) is 39.2 Å². The number of alkyl halides is 3. The van der Waals surface area contributed by atoms with Gasteiger partial charge in [-0.1, -0.05) is 15.9 Å². The average Bonchev–Trinajstić information content (AvgIpc) is 2.26. The lowest BCUT2D eigenvalue weighted by Crippen LogP contribution is -2.10. The molecule has 0 spiro atoms. The highest BCUT2D eigenvalue weighted by Gasteiger charge is 2.22. The molecule has 1 aromatic rings. The summed E-state index contributed by atoms with van der Waals surface area (Å²) in [5.74, 6) is -0.659. The van der Waals surface area contributed by atoms with Crippen LogP contribution in [0.4, 0.5) is 8.78 Å². The Hall–Kier alpha value is -1.04. The first-order valence-corrected chi connectivity index (χ1v) is 5.55. The molecule has 0 amide bonds. The zero-order valence-electron chi connectivity index (χ0n) is 8.76. The van der Waals surface area contributed by atoms with E-state index in [4.69, 9.17) is 0 Å². The minimum atomic E-state index is -2.66. The Morgan fingerprint density at radius 2 is 2.25 bits per heavy atom. The van der Waals surface area contributed by atoms with E-state index in [2.05, 4.69) is 25.7 Å². The number of halogens is 3. The first kappa shape index (κ1) is 13.0. The van der Waals surface area contributed by atoms with Crippen molar-refractivity contribution in [2.75, 3.05) is 7.11 Å². The van der Waals surface area contributed by atoms with Crippen molar-refractivity contribution in [1.82, 2.24) is 4.98 Å². The minimum absolute atomic E-state index is 0.0718. The van der Waals surface area contributed by atoms with E-state index in [0.29, 0.717) is 0 Å². The van der Waals surface area contributed by atoms with Gasteiger partial charge in [0.25, 0.3) is 6.43 Å². The molecule has 0 aliphatic heterocycles. The van der Waals surface area contributed by atoms with Gasteiger partial charge in [-0.3, -0.25) is 4.98 Å². The van der Waals surface area contributed by atoms with Crippen LogP contribution in [0.2, 0.25) is 0 Å². The number of pyridine rings is 1. The molecule has 6 heteroatoms. The molecule has 0 fully saturated rings. The predicted octanol–water partition coefficient (Wildman–Crippen LogP) is 3.01. The van der Waals surface area contributed by atoms with E-state index in [9.17, 15) is 13.6 Å². The Balaban J connectivity index is 3.37. The number of hydrogen-bond acceptors (Lipinski definition) is 3. The lowest BCUT2D eigenvalue weighted by molar-refractivity contribution is 0.0598. The third-order valence-electron chi connectivity index (χ3n) is 2.22. The Morgan fingerprint density at radius 1 is 1.62 bits per heavy atom. The maximum atomic E-state index is 12.8. The van der Waals surface area contributed by atoms with Crippen LogP contribution < -0.4 is 0 Å². The Morgan fingerprint density at radius 3 is 2.69 bits per heavy atom. The maximum absolute atomic E-state index is 12.8. The van der Waals surface area contributed by atoms with Crippen molar-refractivity contribution < 1.29 is 18.3 Å². The summed E-state index contributed by atoms with van der Waals surface area (Å²) in [5, 5.41) is 0.217. The highest BCUT2D eigenvalue weighted by Crippen LogP contribution is 2.28. The number of rotatable bonds is 3. The van der Waals surface area contributed by atoms with Gasteiger partial charge in [-0.2, -0.15) is 0 Å². The molecule has 88 valence electrons. The van der Waals surface area contributed by atoms with Crippen molar-refractivity contribution in [1.29, 1.82) is 0 Å². The summed E-state index contributed by atoms with van der Waals surface area (Å²) in [4.78, 5) is 15.1. The normalized spacial score (nSPS) is 10.6. The first-order valence-electron chi connectivity index (χ1n) is 4.43. The summed E-state index contributed by atoms with van der Waals surface area (Å²) < 4.78 is 30.1. The zero-order valence-corrected chi connectivity index (χ0v) is 10.3. The summed E-state index contributed by atoms with van der Waals surface area (Å²) >= 11 is 3.08. The van der Waals surface area contributed by atoms with Crippen LogP contribution >= 0.6 is 15.9 Å². The molecular formula is C10H10BrF2NO2. The van der Waals surface area contributed by atoms with E-state index >= 15 is 0 Å². The molecule has 1 heterocycles. The van der Waals surface area contributed by atoms with Gasteiger partial charge in [0, 0.05) is 17.1 Å². The molecule has 0 bridgehead atoms. The molecule has 0 aromatic carbocycles. The SMILES string of the molecule is COC(=O)c1cnc(CBr)c(C(F)F)c1C. The van der Waals surface area contributed by atoms with Crippen LogP contribution in [-0.2, 0) is 10.1 Å². The standard InChI is InChI=1S/C10H10BrF2NO2/c1-5-6(10(15)16-2)4-14-7(3-11)8(5)9(12)13/h4,9H,3H2,1-2H3. The number of esters is 1. The van der Waals surface area contributed by atoms with Crippen LogP contribution in [0.3, 0.4) is 0 Å². The van der Waals surface area contributed by atoms with Crippen molar-refractivity contribution in [2.45, 2.75) is 18.7 Å². The van der Waals surface area contributed by atoms with E-state index < -0.39 is 12.4 Å². The third-order valence-corrected chi connectivity index (χ3v) is 2.75. The summed E-state index contributed by atoms with van der Waals surface area (Å²) in [7, 11) is 1.20. The second-order valence-corrected chi connectivity index (χ2v) is 3.64. The molecule has 3 nitrogen and oxygen atoms in total. The molecule has 0 unspecified atom stereocenters. The number of aromatic nitrogens is 1. The molecule has 1 aromatic heterocycles. The minimum Gasteiger partial charge on any atom is -0.465 e. The fourth-order valence-electron chi connectivity index (χ4n) is 1.38. The smallest absolute Gasteiger partial charge is 0.339 e. The third kappa shape index (κ3) is 2.37. The van der Waals surface area contributed by atoms with Gasteiger partial charge in [0.15, 0.2) is 0 Å². The Labute approximate surface area is 99.9 Å². The van der Waals surface area contributed by atoms with E-state index in [1.165, 1.54) is 20.2 Å². The van der Waals surface area contributed by atoms with Crippen molar-refractivity contribution in [2.24, 2.45) is 0 Å². The monoisotopic (exact) mass is 293 g/mol. The number of hydrogen-bond donors (Lipinski definition) is 0. The Bertz CT molecular complexity index is 410. The second-order valence-electron chi connectivity index (χ2n) is 3.08.